The van der Waals surface area contributed by atoms with Crippen molar-refractivity contribution in [2.75, 3.05) is 0 Å². The topological polar surface area (TPSA) is 34.9 Å². The Labute approximate surface area is 111 Å². The van der Waals surface area contributed by atoms with Crippen molar-refractivity contribution in [3.63, 3.8) is 0 Å². The molecule has 0 aromatic carbocycles. The first-order valence-electron chi connectivity index (χ1n) is 6.17. The van der Waals surface area contributed by atoms with Gasteiger partial charge in [-0.1, -0.05) is 13.8 Å². The Bertz CT molecular complexity index is 539. The summed E-state index contributed by atoms with van der Waals surface area (Å²) < 4.78 is 2.08. The largest absolute Gasteiger partial charge is 0.353 e. The molecule has 0 fully saturated rings. The van der Waals surface area contributed by atoms with Crippen LogP contribution in [0.2, 0.25) is 0 Å². The summed E-state index contributed by atoms with van der Waals surface area (Å²) in [7, 11) is 0. The molecule has 96 valence electrons. The molecule has 0 atom stereocenters. The van der Waals surface area contributed by atoms with E-state index in [0.717, 1.165) is 24.2 Å². The highest BCUT2D eigenvalue weighted by atomic mass is 32.1. The number of aromatic nitrogens is 2. The number of carbonyl (C=O) groups is 1. The lowest BCUT2D eigenvalue weighted by atomic mass is 10.0. The normalized spacial score (nSPS) is 11.1. The van der Waals surface area contributed by atoms with Crippen LogP contribution >= 0.6 is 11.3 Å². The van der Waals surface area contributed by atoms with Gasteiger partial charge in [-0.05, 0) is 13.0 Å². The fraction of sp³-hybridized carbons (Fsp3) is 0.429. The molecule has 2 aromatic heterocycles. The number of carbonyl (C=O) groups excluding carboxylic acids is 1. The molecule has 0 saturated carbocycles. The second-order valence-electron chi connectivity index (χ2n) is 4.77. The van der Waals surface area contributed by atoms with Gasteiger partial charge in [-0.3, -0.25) is 4.79 Å². The third kappa shape index (κ3) is 2.88. The van der Waals surface area contributed by atoms with Crippen molar-refractivity contribution in [2.45, 2.75) is 33.7 Å². The molecule has 0 spiro atoms. The minimum atomic E-state index is 0.0598. The number of Topliss-reactive ketones (excluding diaryl/α,β-unsaturated/α-hetero) is 1. The van der Waals surface area contributed by atoms with Gasteiger partial charge in [-0.25, -0.2) is 4.98 Å². The highest BCUT2D eigenvalue weighted by Gasteiger charge is 2.11. The van der Waals surface area contributed by atoms with Crippen molar-refractivity contribution < 1.29 is 4.79 Å². The van der Waals surface area contributed by atoms with Crippen molar-refractivity contribution >= 4 is 17.1 Å². The molecule has 0 amide bonds. The summed E-state index contributed by atoms with van der Waals surface area (Å²) in [6.45, 7) is 6.80. The van der Waals surface area contributed by atoms with Crippen LogP contribution in [0, 0.1) is 12.8 Å². The van der Waals surface area contributed by atoms with Crippen LogP contribution < -0.4 is 0 Å². The third-order valence-corrected chi connectivity index (χ3v) is 4.00. The maximum Gasteiger partial charge on any atom is 0.166 e. The molecule has 0 aliphatic heterocycles. The molecule has 4 heteroatoms. The predicted molar refractivity (Wildman–Crippen MR) is 74.2 cm³/mol. The SMILES string of the molecule is Cc1ncsc1CCn1ccc(C(=O)C(C)C)c1. The molecule has 2 aromatic rings. The summed E-state index contributed by atoms with van der Waals surface area (Å²) in [4.78, 5) is 17.4. The summed E-state index contributed by atoms with van der Waals surface area (Å²) >= 11 is 1.70. The Kier molecular flexibility index (Phi) is 3.97. The first kappa shape index (κ1) is 13.0. The fourth-order valence-corrected chi connectivity index (χ4v) is 2.63. The lowest BCUT2D eigenvalue weighted by Crippen LogP contribution is -2.06. The van der Waals surface area contributed by atoms with Gasteiger partial charge in [0.15, 0.2) is 5.78 Å². The number of rotatable bonds is 5. The Hall–Kier alpha value is -1.42. The summed E-state index contributed by atoms with van der Waals surface area (Å²) in [6, 6.07) is 1.90. The van der Waals surface area contributed by atoms with Crippen molar-refractivity contribution in [2.24, 2.45) is 5.92 Å². The Morgan fingerprint density at radius 3 is 2.89 bits per heavy atom. The molecule has 18 heavy (non-hydrogen) atoms. The van der Waals surface area contributed by atoms with E-state index in [9.17, 15) is 4.79 Å². The molecular weight excluding hydrogens is 244 g/mol. The Morgan fingerprint density at radius 2 is 2.28 bits per heavy atom. The van der Waals surface area contributed by atoms with Crippen LogP contribution in [0.25, 0.3) is 0 Å². The molecule has 2 heterocycles. The molecule has 0 unspecified atom stereocenters. The van der Waals surface area contributed by atoms with E-state index < -0.39 is 0 Å². The maximum atomic E-state index is 11.8. The number of hydrogen-bond donors (Lipinski definition) is 0. The van der Waals surface area contributed by atoms with Crippen LogP contribution in [-0.4, -0.2) is 15.3 Å². The fourth-order valence-electron chi connectivity index (χ4n) is 1.86. The molecule has 0 bridgehead atoms. The summed E-state index contributed by atoms with van der Waals surface area (Å²) in [6.07, 6.45) is 4.89. The van der Waals surface area contributed by atoms with Crippen molar-refractivity contribution in [3.8, 4) is 0 Å². The summed E-state index contributed by atoms with van der Waals surface area (Å²) in [5.74, 6) is 0.271. The van der Waals surface area contributed by atoms with Crippen molar-refractivity contribution in [3.05, 3.63) is 40.1 Å². The van der Waals surface area contributed by atoms with E-state index in [1.54, 1.807) is 11.3 Å². The second kappa shape index (κ2) is 5.48. The zero-order valence-electron chi connectivity index (χ0n) is 11.0. The van der Waals surface area contributed by atoms with Crippen LogP contribution in [0.4, 0.5) is 0 Å². The lowest BCUT2D eigenvalue weighted by Gasteiger charge is -2.02. The number of nitrogens with zero attached hydrogens (tertiary/aromatic N) is 2. The number of aryl methyl sites for hydroxylation is 3. The van der Waals surface area contributed by atoms with E-state index in [4.69, 9.17) is 0 Å². The van der Waals surface area contributed by atoms with Crippen LogP contribution in [0.15, 0.2) is 24.0 Å². The highest BCUT2D eigenvalue weighted by molar-refractivity contribution is 7.09. The van der Waals surface area contributed by atoms with Gasteiger partial charge in [0, 0.05) is 41.7 Å². The minimum absolute atomic E-state index is 0.0598. The third-order valence-electron chi connectivity index (χ3n) is 3.00. The van der Waals surface area contributed by atoms with Crippen LogP contribution in [0.3, 0.4) is 0 Å². The van der Waals surface area contributed by atoms with Gasteiger partial charge in [0.1, 0.15) is 0 Å². The zero-order chi connectivity index (χ0) is 13.1. The second-order valence-corrected chi connectivity index (χ2v) is 5.71. The number of thiazole rings is 1. The first-order valence-corrected chi connectivity index (χ1v) is 7.05. The van der Waals surface area contributed by atoms with E-state index in [-0.39, 0.29) is 11.7 Å². The van der Waals surface area contributed by atoms with E-state index in [2.05, 4.69) is 9.55 Å². The standard InChI is InChI=1S/C14H18N2OS/c1-10(2)14(17)12-4-6-16(8-12)7-5-13-11(3)15-9-18-13/h4,6,8-10H,5,7H2,1-3H3. The highest BCUT2D eigenvalue weighted by Crippen LogP contribution is 2.15. The minimum Gasteiger partial charge on any atom is -0.353 e. The molecule has 3 nitrogen and oxygen atoms in total. The lowest BCUT2D eigenvalue weighted by molar-refractivity contribution is 0.0939. The average Bonchev–Trinajstić information content (AvgIpc) is 2.94. The Morgan fingerprint density at radius 1 is 1.50 bits per heavy atom. The molecule has 0 aliphatic carbocycles. The van der Waals surface area contributed by atoms with Crippen LogP contribution in [0.5, 0.6) is 0 Å². The van der Waals surface area contributed by atoms with Crippen molar-refractivity contribution in [1.82, 2.24) is 9.55 Å². The summed E-state index contributed by atoms with van der Waals surface area (Å²) in [5, 5.41) is 0. The average molecular weight is 262 g/mol. The predicted octanol–water partition coefficient (Wildman–Crippen LogP) is 3.33. The van der Waals surface area contributed by atoms with E-state index >= 15 is 0 Å². The number of ketones is 1. The molecule has 0 radical (unpaired) electrons. The molecule has 0 N–H and O–H groups in total. The van der Waals surface area contributed by atoms with Gasteiger partial charge >= 0.3 is 0 Å². The summed E-state index contributed by atoms with van der Waals surface area (Å²) in [5.41, 5.74) is 3.81. The molecule has 0 aliphatic rings. The van der Waals surface area contributed by atoms with E-state index in [0.29, 0.717) is 0 Å². The van der Waals surface area contributed by atoms with Gasteiger partial charge in [-0.2, -0.15) is 0 Å². The first-order chi connectivity index (χ1) is 8.58. The zero-order valence-corrected chi connectivity index (χ0v) is 11.8. The van der Waals surface area contributed by atoms with E-state index in [1.807, 2.05) is 44.7 Å². The molecule has 2 rings (SSSR count). The quantitative estimate of drug-likeness (QED) is 0.775. The monoisotopic (exact) mass is 262 g/mol. The molecular formula is C14H18N2OS. The van der Waals surface area contributed by atoms with Crippen molar-refractivity contribution in [1.29, 1.82) is 0 Å². The Balaban J connectivity index is 1.99. The van der Waals surface area contributed by atoms with Crippen LogP contribution in [-0.2, 0) is 13.0 Å². The maximum absolute atomic E-state index is 11.8. The molecule has 0 saturated heterocycles. The van der Waals surface area contributed by atoms with Gasteiger partial charge in [0.2, 0.25) is 0 Å². The van der Waals surface area contributed by atoms with E-state index in [1.165, 1.54) is 4.88 Å². The van der Waals surface area contributed by atoms with Crippen LogP contribution in [0.1, 0.15) is 34.8 Å². The van der Waals surface area contributed by atoms with Gasteiger partial charge in [0.25, 0.3) is 0 Å². The van der Waals surface area contributed by atoms with Gasteiger partial charge < -0.3 is 4.57 Å². The number of hydrogen-bond acceptors (Lipinski definition) is 3. The van der Waals surface area contributed by atoms with Gasteiger partial charge in [-0.15, -0.1) is 11.3 Å². The smallest absolute Gasteiger partial charge is 0.166 e. The van der Waals surface area contributed by atoms with Gasteiger partial charge in [0.05, 0.1) is 11.2 Å².